The molecule has 0 N–H and O–H groups in total. The largest absolute Gasteiger partial charge is 0.443 e. The number of anilines is 1. The van der Waals surface area contributed by atoms with Gasteiger partial charge in [-0.1, -0.05) is 48.0 Å². The van der Waals surface area contributed by atoms with E-state index >= 15 is 0 Å². The molecule has 6 heteroatoms. The molecule has 4 rings (SSSR count). The Morgan fingerprint density at radius 3 is 2.53 bits per heavy atom. The van der Waals surface area contributed by atoms with E-state index in [1.165, 1.54) is 0 Å². The number of fused-ring (bicyclic) bond motifs is 1. The lowest BCUT2D eigenvalue weighted by atomic mass is 9.87. The molecule has 0 radical (unpaired) electrons. The van der Waals surface area contributed by atoms with E-state index in [4.69, 9.17) is 16.3 Å². The number of aryl methyl sites for hydroxylation is 2. The monoisotopic (exact) mass is 477 g/mol. The maximum Gasteiger partial charge on any atom is 0.415 e. The van der Waals surface area contributed by atoms with Gasteiger partial charge in [0.15, 0.2) is 11.9 Å². The summed E-state index contributed by atoms with van der Waals surface area (Å²) in [6, 6.07) is 18.9. The first-order chi connectivity index (χ1) is 16.1. The predicted molar refractivity (Wildman–Crippen MR) is 133 cm³/mol. The topological polar surface area (TPSA) is 50.5 Å². The first kappa shape index (κ1) is 24.0. The molecule has 0 fully saturated rings. The number of carbonyl (C=O) groups is 2. The molecule has 34 heavy (non-hydrogen) atoms. The summed E-state index contributed by atoms with van der Waals surface area (Å²) in [5, 5.41) is 0.568. The van der Waals surface area contributed by atoms with Crippen molar-refractivity contribution in [2.75, 3.05) is 4.90 Å². The summed E-state index contributed by atoms with van der Waals surface area (Å²) < 4.78 is 7.69. The molecule has 0 saturated carbocycles. The molecule has 0 aliphatic heterocycles. The third kappa shape index (κ3) is 5.31. The summed E-state index contributed by atoms with van der Waals surface area (Å²) in [6.45, 7) is 7.91. The van der Waals surface area contributed by atoms with Crippen molar-refractivity contribution in [3.8, 4) is 0 Å². The minimum atomic E-state index is -0.612. The minimum Gasteiger partial charge on any atom is -0.443 e. The number of carbonyl (C=O) groups excluding carboxylic acids is 2. The van der Waals surface area contributed by atoms with Crippen LogP contribution in [0.5, 0.6) is 0 Å². The minimum absolute atomic E-state index is 0.0675. The lowest BCUT2D eigenvalue weighted by Gasteiger charge is -2.28. The third-order valence-corrected chi connectivity index (χ3v) is 6.18. The maximum absolute atomic E-state index is 13.3. The second-order valence-electron chi connectivity index (χ2n) is 9.71. The molecule has 0 saturated heterocycles. The number of ketones is 1. The van der Waals surface area contributed by atoms with Crippen LogP contribution in [0.2, 0.25) is 5.02 Å². The van der Waals surface area contributed by atoms with E-state index in [0.29, 0.717) is 17.1 Å². The highest BCUT2D eigenvalue weighted by molar-refractivity contribution is 6.31. The van der Waals surface area contributed by atoms with Gasteiger partial charge in [-0.15, -0.1) is 0 Å². The van der Waals surface area contributed by atoms with Gasteiger partial charge in [0.1, 0.15) is 5.60 Å². The molecular formula is C28H30ClN2O3+. The van der Waals surface area contributed by atoms with Gasteiger partial charge in [0.2, 0.25) is 11.8 Å². The quantitative estimate of drug-likeness (QED) is 0.417. The fourth-order valence-corrected chi connectivity index (χ4v) is 4.51. The summed E-state index contributed by atoms with van der Waals surface area (Å²) in [5.41, 5.74) is 3.73. The van der Waals surface area contributed by atoms with Crippen LogP contribution in [0.1, 0.15) is 60.4 Å². The molecule has 3 aromatic rings. The van der Waals surface area contributed by atoms with Gasteiger partial charge in [0.05, 0.1) is 12.2 Å². The number of hydrogen-bond acceptors (Lipinski definition) is 3. The molecule has 1 heterocycles. The molecule has 1 atom stereocenters. The first-order valence-electron chi connectivity index (χ1n) is 11.5. The molecule has 2 aromatic carbocycles. The van der Waals surface area contributed by atoms with Gasteiger partial charge >= 0.3 is 6.09 Å². The number of halogens is 1. The Kier molecular flexibility index (Phi) is 6.76. The zero-order valence-corrected chi connectivity index (χ0v) is 20.8. The number of aromatic nitrogens is 1. The number of nitrogens with zero attached hydrogens (tertiary/aromatic N) is 2. The zero-order chi connectivity index (χ0) is 24.5. The zero-order valence-electron chi connectivity index (χ0n) is 20.0. The summed E-state index contributed by atoms with van der Waals surface area (Å²) in [5.74, 6) is 0.0675. The standard InChI is InChI=1S/C28H30ClN2O3/c1-19-16-23(31(27(33)34-28(2,3)4)18-20-8-6-5-7-9-20)14-15-30(19)25-13-11-21-10-12-22(29)17-24(21)26(25)32/h5-10,12,14-17,25H,11,13,18H2,1-4H3/q+1. The number of rotatable bonds is 4. The highest BCUT2D eigenvalue weighted by Crippen LogP contribution is 2.29. The van der Waals surface area contributed by atoms with Gasteiger partial charge < -0.3 is 4.74 Å². The van der Waals surface area contributed by atoms with Crippen molar-refractivity contribution in [1.82, 2.24) is 0 Å². The second-order valence-corrected chi connectivity index (χ2v) is 10.1. The average molecular weight is 478 g/mol. The number of ether oxygens (including phenoxy) is 1. The molecule has 1 aliphatic rings. The first-order valence-corrected chi connectivity index (χ1v) is 11.9. The molecule has 0 bridgehead atoms. The highest BCUT2D eigenvalue weighted by Gasteiger charge is 2.36. The van der Waals surface area contributed by atoms with Gasteiger partial charge in [0, 0.05) is 36.1 Å². The van der Waals surface area contributed by atoms with Crippen molar-refractivity contribution in [1.29, 1.82) is 0 Å². The molecule has 5 nitrogen and oxygen atoms in total. The summed E-state index contributed by atoms with van der Waals surface area (Å²) in [6.07, 6.45) is 3.02. The number of Topliss-reactive ketones (excluding diaryl/α,β-unsaturated/α-hetero) is 1. The van der Waals surface area contributed by atoms with Gasteiger partial charge in [0.25, 0.3) is 0 Å². The van der Waals surface area contributed by atoms with Gasteiger partial charge in [-0.25, -0.2) is 4.79 Å². The van der Waals surface area contributed by atoms with Crippen LogP contribution < -0.4 is 9.47 Å². The molecule has 1 amide bonds. The number of amides is 1. The van der Waals surface area contributed by atoms with Crippen LogP contribution in [0.4, 0.5) is 10.5 Å². The smallest absolute Gasteiger partial charge is 0.415 e. The average Bonchev–Trinajstić information content (AvgIpc) is 2.78. The molecule has 1 unspecified atom stereocenters. The van der Waals surface area contributed by atoms with Crippen LogP contribution in [0.25, 0.3) is 0 Å². The second kappa shape index (κ2) is 9.59. The highest BCUT2D eigenvalue weighted by atomic mass is 35.5. The Balaban J connectivity index is 1.65. The lowest BCUT2D eigenvalue weighted by Crippen LogP contribution is -2.48. The van der Waals surface area contributed by atoms with Crippen molar-refractivity contribution in [3.05, 3.63) is 94.3 Å². The lowest BCUT2D eigenvalue weighted by molar-refractivity contribution is -0.714. The van der Waals surface area contributed by atoms with Crippen LogP contribution in [0, 0.1) is 6.92 Å². The summed E-state index contributed by atoms with van der Waals surface area (Å²) >= 11 is 6.16. The van der Waals surface area contributed by atoms with E-state index in [1.807, 2.05) is 93.1 Å². The Labute approximate surface area is 205 Å². The Morgan fingerprint density at radius 2 is 1.85 bits per heavy atom. The maximum atomic E-state index is 13.3. The number of hydrogen-bond donors (Lipinski definition) is 0. The number of benzene rings is 2. The van der Waals surface area contributed by atoms with Crippen LogP contribution in [0.15, 0.2) is 66.9 Å². The van der Waals surface area contributed by atoms with Crippen molar-refractivity contribution >= 4 is 29.2 Å². The molecule has 1 aliphatic carbocycles. The molecule has 0 spiro atoms. The molecule has 176 valence electrons. The fraction of sp³-hybridized carbons (Fsp3) is 0.321. The summed E-state index contributed by atoms with van der Waals surface area (Å²) in [7, 11) is 0. The van der Waals surface area contributed by atoms with Crippen LogP contribution in [-0.2, 0) is 17.7 Å². The van der Waals surface area contributed by atoms with E-state index in [1.54, 1.807) is 11.0 Å². The normalized spacial score (nSPS) is 15.6. The van der Waals surface area contributed by atoms with Crippen molar-refractivity contribution in [2.24, 2.45) is 0 Å². The predicted octanol–water partition coefficient (Wildman–Crippen LogP) is 6.25. The Morgan fingerprint density at radius 1 is 1.12 bits per heavy atom. The van der Waals surface area contributed by atoms with Crippen LogP contribution >= 0.6 is 11.6 Å². The van der Waals surface area contributed by atoms with Crippen molar-refractivity contribution < 1.29 is 18.9 Å². The van der Waals surface area contributed by atoms with Crippen LogP contribution in [0.3, 0.4) is 0 Å². The van der Waals surface area contributed by atoms with E-state index in [0.717, 1.165) is 35.3 Å². The van der Waals surface area contributed by atoms with Gasteiger partial charge in [-0.05, 0) is 50.5 Å². The van der Waals surface area contributed by atoms with E-state index in [9.17, 15) is 9.59 Å². The Hall–Kier alpha value is -3.18. The third-order valence-electron chi connectivity index (χ3n) is 5.94. The van der Waals surface area contributed by atoms with E-state index in [-0.39, 0.29) is 11.8 Å². The Bertz CT molecular complexity index is 1220. The molecular weight excluding hydrogens is 448 g/mol. The fourth-order valence-electron chi connectivity index (χ4n) is 4.34. The van der Waals surface area contributed by atoms with Crippen molar-refractivity contribution in [2.45, 2.75) is 58.7 Å². The van der Waals surface area contributed by atoms with Crippen LogP contribution in [-0.4, -0.2) is 17.5 Å². The number of pyridine rings is 1. The van der Waals surface area contributed by atoms with E-state index in [2.05, 4.69) is 0 Å². The van der Waals surface area contributed by atoms with Gasteiger partial charge in [-0.2, -0.15) is 4.57 Å². The SMILES string of the molecule is Cc1cc(N(Cc2ccccc2)C(=O)OC(C)(C)C)cc[n+]1C1CCc2ccc(Cl)cc2C1=O. The van der Waals surface area contributed by atoms with E-state index < -0.39 is 11.7 Å². The summed E-state index contributed by atoms with van der Waals surface area (Å²) in [4.78, 5) is 28.0. The van der Waals surface area contributed by atoms with Gasteiger partial charge in [-0.3, -0.25) is 9.69 Å². The molecule has 1 aromatic heterocycles. The van der Waals surface area contributed by atoms with Crippen molar-refractivity contribution in [3.63, 3.8) is 0 Å².